The Morgan fingerprint density at radius 2 is 2.03 bits per heavy atom. The van der Waals surface area contributed by atoms with Crippen molar-refractivity contribution < 1.29 is 22.7 Å². The van der Waals surface area contributed by atoms with Gasteiger partial charge in [-0.2, -0.15) is 0 Å². The summed E-state index contributed by atoms with van der Waals surface area (Å²) < 4.78 is 39.0. The van der Waals surface area contributed by atoms with Crippen LogP contribution in [0, 0.1) is 0 Å². The molecule has 0 bridgehead atoms. The summed E-state index contributed by atoms with van der Waals surface area (Å²) in [4.78, 5) is 13.2. The summed E-state index contributed by atoms with van der Waals surface area (Å²) in [5.74, 6) is 0.319. The number of hydrogen-bond donors (Lipinski definition) is 2. The summed E-state index contributed by atoms with van der Waals surface area (Å²) in [7, 11) is -2.07. The number of anilines is 1. The highest BCUT2D eigenvalue weighted by atomic mass is 35.5. The maximum atomic E-state index is 12.7. The highest BCUT2D eigenvalue weighted by Crippen LogP contribution is 2.37. The van der Waals surface area contributed by atoms with Gasteiger partial charge in [0.05, 0.1) is 23.1 Å². The molecule has 1 fully saturated rings. The van der Waals surface area contributed by atoms with Crippen LogP contribution >= 0.6 is 22.9 Å². The van der Waals surface area contributed by atoms with Gasteiger partial charge >= 0.3 is 0 Å². The van der Waals surface area contributed by atoms with E-state index in [9.17, 15) is 13.2 Å². The fourth-order valence-corrected chi connectivity index (χ4v) is 5.82. The number of benzene rings is 2. The quantitative estimate of drug-likeness (QED) is 0.526. The minimum Gasteiger partial charge on any atom is -0.497 e. The lowest BCUT2D eigenvalue weighted by Crippen LogP contribution is -2.31. The molecule has 0 saturated carbocycles. The lowest BCUT2D eigenvalue weighted by molar-refractivity contribution is 0.103. The molecule has 2 aromatic carbocycles. The number of ether oxygens (including phenoxy) is 2. The Morgan fingerprint density at radius 3 is 2.71 bits per heavy atom. The highest BCUT2D eigenvalue weighted by molar-refractivity contribution is 7.89. The van der Waals surface area contributed by atoms with Gasteiger partial charge in [-0.15, -0.1) is 11.3 Å². The molecule has 0 radical (unpaired) electrons. The van der Waals surface area contributed by atoms with E-state index in [1.54, 1.807) is 25.3 Å². The van der Waals surface area contributed by atoms with Gasteiger partial charge in [0.1, 0.15) is 10.6 Å². The third-order valence-electron chi connectivity index (χ3n) is 4.99. The van der Waals surface area contributed by atoms with Gasteiger partial charge in [-0.05, 0) is 55.3 Å². The topological polar surface area (TPSA) is 93.7 Å². The lowest BCUT2D eigenvalue weighted by atomic mass is 10.2. The van der Waals surface area contributed by atoms with Gasteiger partial charge in [0.15, 0.2) is 0 Å². The van der Waals surface area contributed by atoms with Gasteiger partial charge in [0.25, 0.3) is 5.91 Å². The zero-order valence-corrected chi connectivity index (χ0v) is 19.1. The van der Waals surface area contributed by atoms with Crippen LogP contribution in [-0.4, -0.2) is 40.7 Å². The molecule has 1 aliphatic heterocycles. The first-order valence-electron chi connectivity index (χ1n) is 9.66. The summed E-state index contributed by atoms with van der Waals surface area (Å²) in [6.07, 6.45) is 1.71. The van der Waals surface area contributed by atoms with Crippen molar-refractivity contribution >= 4 is 54.6 Å². The van der Waals surface area contributed by atoms with Gasteiger partial charge in [-0.3, -0.25) is 4.79 Å². The zero-order valence-electron chi connectivity index (χ0n) is 16.7. The monoisotopic (exact) mass is 480 g/mol. The summed E-state index contributed by atoms with van der Waals surface area (Å²) in [6, 6.07) is 11.4. The van der Waals surface area contributed by atoms with Crippen molar-refractivity contribution in [3.05, 3.63) is 52.4 Å². The van der Waals surface area contributed by atoms with E-state index < -0.39 is 10.0 Å². The smallest absolute Gasteiger partial charge is 0.267 e. The van der Waals surface area contributed by atoms with Crippen molar-refractivity contribution in [2.75, 3.05) is 25.6 Å². The molecule has 4 rings (SSSR count). The number of hydrogen-bond acceptors (Lipinski definition) is 6. The number of amides is 1. The maximum Gasteiger partial charge on any atom is 0.267 e. The van der Waals surface area contributed by atoms with Crippen molar-refractivity contribution in [1.29, 1.82) is 0 Å². The Kier molecular flexibility index (Phi) is 6.49. The van der Waals surface area contributed by atoms with E-state index in [2.05, 4.69) is 10.0 Å². The maximum absolute atomic E-state index is 12.7. The molecule has 2 heterocycles. The molecular formula is C21H21ClN2O5S2. The van der Waals surface area contributed by atoms with Crippen molar-refractivity contribution in [1.82, 2.24) is 4.72 Å². The predicted molar refractivity (Wildman–Crippen MR) is 122 cm³/mol. The molecule has 1 atom stereocenters. The second-order valence-electron chi connectivity index (χ2n) is 7.07. The van der Waals surface area contributed by atoms with Gasteiger partial charge in [0.2, 0.25) is 10.0 Å². The molecule has 1 amide bonds. The number of carbonyl (C=O) groups is 1. The van der Waals surface area contributed by atoms with Crippen LogP contribution in [0.3, 0.4) is 0 Å². The average molecular weight is 481 g/mol. The van der Waals surface area contributed by atoms with E-state index in [1.165, 1.54) is 23.5 Å². The first-order chi connectivity index (χ1) is 14.9. The van der Waals surface area contributed by atoms with Crippen LogP contribution in [0.5, 0.6) is 5.75 Å². The molecule has 10 heteroatoms. The number of sulfonamides is 1. The summed E-state index contributed by atoms with van der Waals surface area (Å²) in [6.45, 7) is 0.911. The SMILES string of the molecule is COc1ccc2c(Cl)c(C(=O)Nc3ccc(S(=O)(=O)NCC4CCCO4)cc3)sc2c1. The number of nitrogens with one attached hydrogen (secondary N) is 2. The Labute approximate surface area is 189 Å². The number of halogens is 1. The second-order valence-corrected chi connectivity index (χ2v) is 10.3. The van der Waals surface area contributed by atoms with Crippen LogP contribution < -0.4 is 14.8 Å². The molecule has 0 aliphatic carbocycles. The van der Waals surface area contributed by atoms with E-state index in [0.29, 0.717) is 27.9 Å². The Morgan fingerprint density at radius 1 is 1.26 bits per heavy atom. The summed E-state index contributed by atoms with van der Waals surface area (Å²) in [5, 5.41) is 3.91. The zero-order chi connectivity index (χ0) is 22.0. The molecule has 0 spiro atoms. The van der Waals surface area contributed by atoms with Crippen LogP contribution in [0.4, 0.5) is 5.69 Å². The van der Waals surface area contributed by atoms with Crippen molar-refractivity contribution in [3.8, 4) is 5.75 Å². The molecule has 1 saturated heterocycles. The number of methoxy groups -OCH3 is 1. The molecule has 1 aromatic heterocycles. The highest BCUT2D eigenvalue weighted by Gasteiger charge is 2.21. The first kappa shape index (κ1) is 22.0. The standard InChI is InChI=1S/C21H21ClN2O5S2/c1-28-14-6-9-17-18(11-14)30-20(19(17)22)21(25)24-13-4-7-16(8-5-13)31(26,27)23-12-15-3-2-10-29-15/h4-9,11,15,23H,2-3,10,12H2,1H3,(H,24,25). The Hall–Kier alpha value is -2.17. The minimum atomic E-state index is -3.65. The fourth-order valence-electron chi connectivity index (χ4n) is 3.32. The van der Waals surface area contributed by atoms with Crippen LogP contribution in [0.1, 0.15) is 22.5 Å². The Bertz CT molecular complexity index is 1200. The molecule has 2 N–H and O–H groups in total. The largest absolute Gasteiger partial charge is 0.497 e. The van der Waals surface area contributed by atoms with Gasteiger partial charge in [-0.25, -0.2) is 13.1 Å². The van der Waals surface area contributed by atoms with Crippen LogP contribution in [0.25, 0.3) is 10.1 Å². The number of rotatable bonds is 7. The minimum absolute atomic E-state index is 0.0839. The average Bonchev–Trinajstić information content (AvgIpc) is 3.40. The molecule has 3 aromatic rings. The van der Waals surface area contributed by atoms with Gasteiger partial charge < -0.3 is 14.8 Å². The molecular weight excluding hydrogens is 460 g/mol. The normalized spacial score (nSPS) is 16.5. The van der Waals surface area contributed by atoms with Crippen molar-refractivity contribution in [2.24, 2.45) is 0 Å². The number of fused-ring (bicyclic) bond motifs is 1. The molecule has 31 heavy (non-hydrogen) atoms. The predicted octanol–water partition coefficient (Wildman–Crippen LogP) is 4.27. The van der Waals surface area contributed by atoms with Crippen molar-refractivity contribution in [3.63, 3.8) is 0 Å². The van der Waals surface area contributed by atoms with Gasteiger partial charge in [0, 0.05) is 28.9 Å². The van der Waals surface area contributed by atoms with Crippen LogP contribution in [0.2, 0.25) is 5.02 Å². The molecule has 1 unspecified atom stereocenters. The fraction of sp³-hybridized carbons (Fsp3) is 0.286. The van der Waals surface area contributed by atoms with E-state index >= 15 is 0 Å². The second kappa shape index (κ2) is 9.13. The van der Waals surface area contributed by atoms with E-state index in [-0.39, 0.29) is 23.5 Å². The lowest BCUT2D eigenvalue weighted by Gasteiger charge is -2.12. The number of carbonyl (C=O) groups excluding carboxylic acids is 1. The molecule has 164 valence electrons. The Balaban J connectivity index is 1.45. The van der Waals surface area contributed by atoms with Crippen LogP contribution in [0.15, 0.2) is 47.4 Å². The van der Waals surface area contributed by atoms with E-state index in [1.807, 2.05) is 12.1 Å². The van der Waals surface area contributed by atoms with E-state index in [0.717, 1.165) is 22.9 Å². The summed E-state index contributed by atoms with van der Waals surface area (Å²) in [5.41, 5.74) is 0.467. The van der Waals surface area contributed by atoms with Crippen molar-refractivity contribution in [2.45, 2.75) is 23.8 Å². The number of thiophene rings is 1. The summed E-state index contributed by atoms with van der Waals surface area (Å²) >= 11 is 7.66. The third-order valence-corrected chi connectivity index (χ3v) is 8.09. The van der Waals surface area contributed by atoms with Gasteiger partial charge in [-0.1, -0.05) is 11.6 Å². The van der Waals surface area contributed by atoms with Crippen LogP contribution in [-0.2, 0) is 14.8 Å². The first-order valence-corrected chi connectivity index (χ1v) is 12.3. The molecule has 7 nitrogen and oxygen atoms in total. The third kappa shape index (κ3) is 4.86. The van der Waals surface area contributed by atoms with E-state index in [4.69, 9.17) is 21.1 Å². The molecule has 1 aliphatic rings.